The molecular formula is C10H17N3O3. The van der Waals surface area contributed by atoms with Crippen LogP contribution in [-0.2, 0) is 16.1 Å². The molecule has 1 amide bonds. The quantitative estimate of drug-likeness (QED) is 0.607. The number of hydrogen-bond donors (Lipinski definition) is 2. The third-order valence-electron chi connectivity index (χ3n) is 1.94. The lowest BCUT2D eigenvalue weighted by molar-refractivity contribution is -0.121. The Hall–Kier alpha value is -1.40. The molecule has 0 aliphatic heterocycles. The summed E-state index contributed by atoms with van der Waals surface area (Å²) in [6.45, 7) is 2.29. The highest BCUT2D eigenvalue weighted by molar-refractivity contribution is 5.75. The Kier molecular flexibility index (Phi) is 6.20. The number of carbonyl (C=O) groups is 1. The molecule has 2 N–H and O–H groups in total. The van der Waals surface area contributed by atoms with Crippen molar-refractivity contribution in [1.29, 1.82) is 0 Å². The summed E-state index contributed by atoms with van der Waals surface area (Å²) in [5.74, 6) is 0.780. The molecule has 90 valence electrons. The number of amides is 1. The molecule has 1 aromatic rings. The second-order valence-electron chi connectivity index (χ2n) is 3.24. The maximum atomic E-state index is 11.2. The van der Waals surface area contributed by atoms with Gasteiger partial charge in [-0.05, 0) is 0 Å². The number of aromatic nitrogens is 1. The predicted molar refractivity (Wildman–Crippen MR) is 57.7 cm³/mol. The fraction of sp³-hybridized carbons (Fsp3) is 0.600. The zero-order valence-corrected chi connectivity index (χ0v) is 9.36. The van der Waals surface area contributed by atoms with Crippen molar-refractivity contribution in [2.24, 2.45) is 0 Å². The first-order valence-corrected chi connectivity index (χ1v) is 5.16. The Bertz CT molecular complexity index is 288. The van der Waals surface area contributed by atoms with Crippen LogP contribution in [0.2, 0.25) is 0 Å². The van der Waals surface area contributed by atoms with Crippen molar-refractivity contribution in [2.75, 3.05) is 26.8 Å². The summed E-state index contributed by atoms with van der Waals surface area (Å²) in [4.78, 5) is 15.0. The summed E-state index contributed by atoms with van der Waals surface area (Å²) < 4.78 is 9.85. The number of nitrogens with one attached hydrogen (secondary N) is 2. The Morgan fingerprint density at radius 1 is 1.56 bits per heavy atom. The minimum atomic E-state index is 0.0159. The number of oxazole rings is 1. The molecule has 1 aromatic heterocycles. The first-order chi connectivity index (χ1) is 7.83. The van der Waals surface area contributed by atoms with Crippen molar-refractivity contribution in [2.45, 2.75) is 13.0 Å². The lowest BCUT2D eigenvalue weighted by Crippen LogP contribution is -2.29. The van der Waals surface area contributed by atoms with Gasteiger partial charge >= 0.3 is 0 Å². The lowest BCUT2D eigenvalue weighted by atomic mass is 10.4. The van der Waals surface area contributed by atoms with Crippen LogP contribution in [0.15, 0.2) is 17.0 Å². The van der Waals surface area contributed by atoms with E-state index in [9.17, 15) is 4.79 Å². The van der Waals surface area contributed by atoms with Gasteiger partial charge in [-0.25, -0.2) is 4.98 Å². The van der Waals surface area contributed by atoms with E-state index in [0.717, 1.165) is 5.76 Å². The van der Waals surface area contributed by atoms with Crippen LogP contribution < -0.4 is 10.6 Å². The summed E-state index contributed by atoms with van der Waals surface area (Å²) >= 11 is 0. The van der Waals surface area contributed by atoms with Crippen molar-refractivity contribution in [3.63, 3.8) is 0 Å². The fourth-order valence-electron chi connectivity index (χ4n) is 1.12. The molecule has 6 nitrogen and oxygen atoms in total. The van der Waals surface area contributed by atoms with E-state index < -0.39 is 0 Å². The molecule has 0 saturated heterocycles. The van der Waals surface area contributed by atoms with Gasteiger partial charge in [-0.3, -0.25) is 4.79 Å². The lowest BCUT2D eigenvalue weighted by Gasteiger charge is -2.04. The van der Waals surface area contributed by atoms with Gasteiger partial charge in [-0.15, -0.1) is 0 Å². The Morgan fingerprint density at radius 2 is 2.44 bits per heavy atom. The largest absolute Gasteiger partial charge is 0.447 e. The molecule has 6 heteroatoms. The minimum absolute atomic E-state index is 0.0159. The highest BCUT2D eigenvalue weighted by Gasteiger charge is 2.00. The van der Waals surface area contributed by atoms with Crippen molar-refractivity contribution >= 4 is 5.91 Å². The van der Waals surface area contributed by atoms with Gasteiger partial charge < -0.3 is 19.8 Å². The van der Waals surface area contributed by atoms with Crippen molar-refractivity contribution in [1.82, 2.24) is 15.6 Å². The van der Waals surface area contributed by atoms with Crippen molar-refractivity contribution in [3.8, 4) is 0 Å². The van der Waals surface area contributed by atoms with Gasteiger partial charge in [0.25, 0.3) is 0 Å². The van der Waals surface area contributed by atoms with Crippen LogP contribution in [0.1, 0.15) is 12.2 Å². The molecule has 0 aliphatic rings. The number of nitrogens with zero attached hydrogens (tertiary/aromatic N) is 1. The molecule has 0 saturated carbocycles. The van der Waals surface area contributed by atoms with Gasteiger partial charge in [0.15, 0.2) is 6.39 Å². The highest BCUT2D eigenvalue weighted by atomic mass is 16.5. The summed E-state index contributed by atoms with van der Waals surface area (Å²) in [5, 5.41) is 5.82. The maximum absolute atomic E-state index is 11.2. The van der Waals surface area contributed by atoms with E-state index in [0.29, 0.717) is 32.7 Å². The topological polar surface area (TPSA) is 76.4 Å². The first-order valence-electron chi connectivity index (χ1n) is 5.16. The normalized spacial score (nSPS) is 10.3. The van der Waals surface area contributed by atoms with E-state index in [-0.39, 0.29) is 5.91 Å². The van der Waals surface area contributed by atoms with Gasteiger partial charge in [0.05, 0.1) is 19.3 Å². The molecule has 0 atom stereocenters. The summed E-state index contributed by atoms with van der Waals surface area (Å²) in [7, 11) is 1.60. The van der Waals surface area contributed by atoms with Crippen LogP contribution in [0.4, 0.5) is 0 Å². The molecule has 0 radical (unpaired) electrons. The summed E-state index contributed by atoms with van der Waals surface area (Å²) in [5.41, 5.74) is 0. The molecule has 0 aliphatic carbocycles. The van der Waals surface area contributed by atoms with Gasteiger partial charge in [0.2, 0.25) is 5.91 Å². The minimum Gasteiger partial charge on any atom is -0.447 e. The number of rotatable bonds is 8. The van der Waals surface area contributed by atoms with Crippen LogP contribution in [0.3, 0.4) is 0 Å². The molecule has 16 heavy (non-hydrogen) atoms. The molecule has 0 unspecified atom stereocenters. The van der Waals surface area contributed by atoms with E-state index >= 15 is 0 Å². The zero-order valence-electron chi connectivity index (χ0n) is 9.36. The standard InChI is InChI=1S/C10H17N3O3/c1-15-5-4-13-10(14)2-3-11-6-9-7-12-8-16-9/h7-8,11H,2-6H2,1H3,(H,13,14). The molecule has 0 bridgehead atoms. The molecule has 1 heterocycles. The SMILES string of the molecule is COCCNC(=O)CCNCc1cnco1. The zero-order chi connectivity index (χ0) is 11.6. The van der Waals surface area contributed by atoms with E-state index in [2.05, 4.69) is 15.6 Å². The Labute approximate surface area is 94.4 Å². The van der Waals surface area contributed by atoms with Gasteiger partial charge in [-0.2, -0.15) is 0 Å². The van der Waals surface area contributed by atoms with Crippen LogP contribution in [-0.4, -0.2) is 37.7 Å². The van der Waals surface area contributed by atoms with E-state index in [4.69, 9.17) is 9.15 Å². The fourth-order valence-corrected chi connectivity index (χ4v) is 1.12. The third-order valence-corrected chi connectivity index (χ3v) is 1.94. The molecular weight excluding hydrogens is 210 g/mol. The van der Waals surface area contributed by atoms with Crippen molar-refractivity contribution < 1.29 is 13.9 Å². The number of methoxy groups -OCH3 is 1. The van der Waals surface area contributed by atoms with Gasteiger partial charge in [-0.1, -0.05) is 0 Å². The molecule has 0 spiro atoms. The average molecular weight is 227 g/mol. The number of ether oxygens (including phenoxy) is 1. The summed E-state index contributed by atoms with van der Waals surface area (Å²) in [6, 6.07) is 0. The Morgan fingerprint density at radius 3 is 3.12 bits per heavy atom. The van der Waals surface area contributed by atoms with Crippen LogP contribution in [0.25, 0.3) is 0 Å². The summed E-state index contributed by atoms with van der Waals surface area (Å²) in [6.07, 6.45) is 3.47. The molecule has 0 fully saturated rings. The van der Waals surface area contributed by atoms with E-state index in [1.54, 1.807) is 13.3 Å². The Balaban J connectivity index is 1.96. The number of carbonyl (C=O) groups excluding carboxylic acids is 1. The van der Waals surface area contributed by atoms with Crippen molar-refractivity contribution in [3.05, 3.63) is 18.4 Å². The van der Waals surface area contributed by atoms with Crippen LogP contribution in [0.5, 0.6) is 0 Å². The molecule has 0 aromatic carbocycles. The third kappa shape index (κ3) is 5.47. The van der Waals surface area contributed by atoms with Gasteiger partial charge in [0, 0.05) is 26.6 Å². The second kappa shape index (κ2) is 7.84. The van der Waals surface area contributed by atoms with E-state index in [1.807, 2.05) is 0 Å². The highest BCUT2D eigenvalue weighted by Crippen LogP contribution is 1.94. The van der Waals surface area contributed by atoms with Crippen LogP contribution in [0, 0.1) is 0 Å². The second-order valence-corrected chi connectivity index (χ2v) is 3.24. The van der Waals surface area contributed by atoms with Gasteiger partial charge in [0.1, 0.15) is 5.76 Å². The number of hydrogen-bond acceptors (Lipinski definition) is 5. The van der Waals surface area contributed by atoms with E-state index in [1.165, 1.54) is 6.39 Å². The monoisotopic (exact) mass is 227 g/mol. The first kappa shape index (κ1) is 12.7. The van der Waals surface area contributed by atoms with Crippen LogP contribution >= 0.6 is 0 Å². The maximum Gasteiger partial charge on any atom is 0.221 e. The average Bonchev–Trinajstić information content (AvgIpc) is 2.78. The molecule has 1 rings (SSSR count). The predicted octanol–water partition coefficient (Wildman–Crippen LogP) is -0.0831. The smallest absolute Gasteiger partial charge is 0.221 e.